The van der Waals surface area contributed by atoms with Gasteiger partial charge in [0.25, 0.3) is 0 Å². The minimum absolute atomic E-state index is 0.608. The van der Waals surface area contributed by atoms with Crippen LogP contribution >= 0.6 is 12.2 Å². The number of nitrogens with zero attached hydrogens (tertiary/aromatic N) is 4. The summed E-state index contributed by atoms with van der Waals surface area (Å²) in [6.45, 7) is 5.63. The van der Waals surface area contributed by atoms with E-state index in [4.69, 9.17) is 17.0 Å². The molecule has 1 unspecified atom stereocenters. The average Bonchev–Trinajstić information content (AvgIpc) is 2.96. The summed E-state index contributed by atoms with van der Waals surface area (Å²) in [4.78, 5) is 1.26. The van der Waals surface area contributed by atoms with Crippen molar-refractivity contribution >= 4 is 12.2 Å². The topological polar surface area (TPSA) is 49.3 Å². The van der Waals surface area contributed by atoms with E-state index in [0.29, 0.717) is 11.4 Å². The first kappa shape index (κ1) is 18.3. The second-order valence-corrected chi connectivity index (χ2v) is 6.92. The van der Waals surface area contributed by atoms with E-state index >= 15 is 0 Å². The van der Waals surface area contributed by atoms with Gasteiger partial charge in [-0.2, -0.15) is 9.36 Å². The maximum absolute atomic E-state index is 5.61. The molecule has 0 aliphatic rings. The van der Waals surface area contributed by atoms with Crippen LogP contribution in [0.4, 0.5) is 0 Å². The average molecular weight is 371 g/mol. The first-order chi connectivity index (χ1) is 12.5. The Morgan fingerprint density at radius 2 is 1.69 bits per heavy atom. The molecule has 136 valence electrons. The maximum atomic E-state index is 5.61. The largest absolute Gasteiger partial charge is 0.497 e. The Labute approximate surface area is 158 Å². The van der Waals surface area contributed by atoms with Crippen molar-refractivity contribution in [2.24, 2.45) is 0 Å². The van der Waals surface area contributed by atoms with E-state index in [1.165, 1.54) is 10.5 Å². The predicted octanol–water partition coefficient (Wildman–Crippen LogP) is 2.10. The lowest BCUT2D eigenvalue weighted by Crippen LogP contribution is -3.07. The molecular formula is C19H24N5OS+. The quantitative estimate of drug-likeness (QED) is 0.675. The van der Waals surface area contributed by atoms with Gasteiger partial charge in [0, 0.05) is 5.56 Å². The van der Waals surface area contributed by atoms with Crippen molar-refractivity contribution in [1.82, 2.24) is 19.8 Å². The van der Waals surface area contributed by atoms with Crippen LogP contribution in [0, 0.1) is 18.6 Å². The van der Waals surface area contributed by atoms with Crippen molar-refractivity contribution in [3.8, 4) is 11.4 Å². The Bertz CT molecular complexity index is 925. The molecule has 7 heteroatoms. The molecule has 0 aliphatic heterocycles. The third-order valence-corrected chi connectivity index (χ3v) is 4.76. The number of quaternary nitrogens is 1. The van der Waals surface area contributed by atoms with Crippen molar-refractivity contribution in [3.05, 3.63) is 63.9 Å². The van der Waals surface area contributed by atoms with E-state index in [0.717, 1.165) is 29.1 Å². The minimum atomic E-state index is 0.608. The van der Waals surface area contributed by atoms with Crippen molar-refractivity contribution in [3.63, 3.8) is 0 Å². The van der Waals surface area contributed by atoms with Gasteiger partial charge in [0.15, 0.2) is 6.67 Å². The van der Waals surface area contributed by atoms with Crippen molar-refractivity contribution in [1.29, 1.82) is 0 Å². The van der Waals surface area contributed by atoms with Gasteiger partial charge in [-0.05, 0) is 71.9 Å². The van der Waals surface area contributed by atoms with Crippen molar-refractivity contribution < 1.29 is 9.64 Å². The lowest BCUT2D eigenvalue weighted by Gasteiger charge is -2.13. The number of methoxy groups -OCH3 is 1. The number of hydrogen-bond acceptors (Lipinski definition) is 4. The van der Waals surface area contributed by atoms with E-state index in [9.17, 15) is 0 Å². The Morgan fingerprint density at radius 3 is 2.31 bits per heavy atom. The van der Waals surface area contributed by atoms with Crippen LogP contribution in [0.25, 0.3) is 5.69 Å². The van der Waals surface area contributed by atoms with Gasteiger partial charge in [-0.1, -0.05) is 18.2 Å². The van der Waals surface area contributed by atoms with Crippen LogP contribution in [-0.4, -0.2) is 33.9 Å². The summed E-state index contributed by atoms with van der Waals surface area (Å²) in [6.07, 6.45) is 0. The van der Waals surface area contributed by atoms with Crippen LogP contribution in [0.15, 0.2) is 42.5 Å². The SMILES string of the molecule is COc1ccc(C[NH+](C)Cn2nnn(-c3c(C)cccc3C)c2=S)cc1. The molecule has 0 bridgehead atoms. The number of aromatic nitrogens is 4. The zero-order valence-corrected chi connectivity index (χ0v) is 16.4. The second-order valence-electron chi connectivity index (χ2n) is 6.55. The number of aryl methyl sites for hydroxylation is 2. The fourth-order valence-electron chi connectivity index (χ4n) is 3.06. The summed E-state index contributed by atoms with van der Waals surface area (Å²) in [7, 11) is 3.79. The van der Waals surface area contributed by atoms with Gasteiger partial charge in [0.05, 0.1) is 19.8 Å². The Hall–Kier alpha value is -2.51. The van der Waals surface area contributed by atoms with Gasteiger partial charge in [-0.15, -0.1) is 0 Å². The van der Waals surface area contributed by atoms with Gasteiger partial charge in [-0.3, -0.25) is 0 Å². The number of para-hydroxylation sites is 1. The fourth-order valence-corrected chi connectivity index (χ4v) is 3.29. The molecule has 0 fully saturated rings. The number of rotatable bonds is 6. The van der Waals surface area contributed by atoms with Crippen molar-refractivity contribution in [2.45, 2.75) is 27.1 Å². The molecule has 6 nitrogen and oxygen atoms in total. The number of benzene rings is 2. The molecule has 0 radical (unpaired) electrons. The number of tetrazole rings is 1. The van der Waals surface area contributed by atoms with Crippen LogP contribution in [0.1, 0.15) is 16.7 Å². The molecule has 0 spiro atoms. The molecule has 3 aromatic rings. The fraction of sp³-hybridized carbons (Fsp3) is 0.316. The van der Waals surface area contributed by atoms with Crippen LogP contribution in [-0.2, 0) is 13.2 Å². The standard InChI is InChI=1S/C19H23N5OS/c1-14-6-5-7-15(2)18(14)24-19(26)23(20-21-24)13-22(3)12-16-8-10-17(25-4)11-9-16/h5-11H,12-13H2,1-4H3/p+1. The first-order valence-corrected chi connectivity index (χ1v) is 8.94. The zero-order chi connectivity index (χ0) is 18.7. The highest BCUT2D eigenvalue weighted by Gasteiger charge is 2.13. The molecule has 0 aliphatic carbocycles. The van der Waals surface area contributed by atoms with Gasteiger partial charge in [-0.25, -0.2) is 0 Å². The highest BCUT2D eigenvalue weighted by Crippen LogP contribution is 2.17. The minimum Gasteiger partial charge on any atom is -0.497 e. The molecule has 0 saturated carbocycles. The third-order valence-electron chi connectivity index (χ3n) is 4.38. The lowest BCUT2D eigenvalue weighted by molar-refractivity contribution is -0.917. The molecule has 1 aromatic heterocycles. The zero-order valence-electron chi connectivity index (χ0n) is 15.6. The first-order valence-electron chi connectivity index (χ1n) is 8.53. The van der Waals surface area contributed by atoms with E-state index in [1.54, 1.807) is 16.5 Å². The molecule has 3 rings (SSSR count). The normalized spacial score (nSPS) is 12.2. The van der Waals surface area contributed by atoms with E-state index < -0.39 is 0 Å². The second kappa shape index (κ2) is 7.80. The monoisotopic (exact) mass is 370 g/mol. The van der Waals surface area contributed by atoms with Crippen LogP contribution in [0.5, 0.6) is 5.75 Å². The molecule has 2 aromatic carbocycles. The molecular weight excluding hydrogens is 346 g/mol. The molecule has 0 saturated heterocycles. The Morgan fingerprint density at radius 1 is 1.04 bits per heavy atom. The highest BCUT2D eigenvalue weighted by atomic mass is 32.1. The molecule has 0 amide bonds. The maximum Gasteiger partial charge on any atom is 0.225 e. The lowest BCUT2D eigenvalue weighted by atomic mass is 10.1. The summed E-state index contributed by atoms with van der Waals surface area (Å²) < 4.78 is 9.34. The Balaban J connectivity index is 1.76. The van der Waals surface area contributed by atoms with Gasteiger partial charge in [0.2, 0.25) is 4.77 Å². The molecule has 1 heterocycles. The summed E-state index contributed by atoms with van der Waals surface area (Å²) >= 11 is 5.61. The van der Waals surface area contributed by atoms with Gasteiger partial charge >= 0.3 is 0 Å². The smallest absolute Gasteiger partial charge is 0.225 e. The van der Waals surface area contributed by atoms with Crippen LogP contribution in [0.3, 0.4) is 0 Å². The van der Waals surface area contributed by atoms with Crippen LogP contribution < -0.4 is 9.64 Å². The molecule has 1 atom stereocenters. The molecule has 1 N–H and O–H groups in total. The Kier molecular flexibility index (Phi) is 5.49. The summed E-state index contributed by atoms with van der Waals surface area (Å²) in [5.41, 5.74) is 4.51. The number of ether oxygens (including phenoxy) is 1. The van der Waals surface area contributed by atoms with E-state index in [2.05, 4.69) is 55.6 Å². The number of nitrogens with one attached hydrogen (secondary N) is 1. The highest BCUT2D eigenvalue weighted by molar-refractivity contribution is 7.71. The summed E-state index contributed by atoms with van der Waals surface area (Å²) in [6, 6.07) is 14.3. The number of hydrogen-bond donors (Lipinski definition) is 1. The third kappa shape index (κ3) is 3.84. The van der Waals surface area contributed by atoms with Crippen LogP contribution in [0.2, 0.25) is 0 Å². The molecule has 26 heavy (non-hydrogen) atoms. The van der Waals surface area contributed by atoms with E-state index in [1.807, 2.05) is 18.2 Å². The van der Waals surface area contributed by atoms with Crippen molar-refractivity contribution in [2.75, 3.05) is 14.2 Å². The van der Waals surface area contributed by atoms with E-state index in [-0.39, 0.29) is 0 Å². The summed E-state index contributed by atoms with van der Waals surface area (Å²) in [5.74, 6) is 0.866. The van der Waals surface area contributed by atoms with Gasteiger partial charge in [0.1, 0.15) is 12.3 Å². The van der Waals surface area contributed by atoms with Gasteiger partial charge < -0.3 is 9.64 Å². The predicted molar refractivity (Wildman–Crippen MR) is 103 cm³/mol. The summed E-state index contributed by atoms with van der Waals surface area (Å²) in [5, 5.41) is 8.55.